The third-order valence-electron chi connectivity index (χ3n) is 3.19. The molecule has 2 aromatic rings. The van der Waals surface area contributed by atoms with Gasteiger partial charge in [0.2, 0.25) is 0 Å². The zero-order valence-corrected chi connectivity index (χ0v) is 13.7. The van der Waals surface area contributed by atoms with Crippen LogP contribution in [0.2, 0.25) is 0 Å². The molecule has 0 radical (unpaired) electrons. The van der Waals surface area contributed by atoms with Gasteiger partial charge in [0.15, 0.2) is 0 Å². The highest BCUT2D eigenvalue weighted by atomic mass is 79.9. The van der Waals surface area contributed by atoms with E-state index in [2.05, 4.69) is 22.0 Å². The molecule has 0 aliphatic rings. The maximum Gasteiger partial charge on any atom is 0.120 e. The van der Waals surface area contributed by atoms with Gasteiger partial charge in [-0.2, -0.15) is 0 Å². The van der Waals surface area contributed by atoms with Crippen LogP contribution in [0.25, 0.3) is 0 Å². The van der Waals surface area contributed by atoms with Crippen LogP contribution in [0.4, 0.5) is 0 Å². The summed E-state index contributed by atoms with van der Waals surface area (Å²) in [5, 5.41) is 0. The fourth-order valence-electron chi connectivity index (χ4n) is 2.09. The average molecular weight is 350 g/mol. The Bertz CT molecular complexity index is 574. The van der Waals surface area contributed by atoms with Crippen LogP contribution in [0.3, 0.4) is 0 Å². The highest BCUT2D eigenvalue weighted by molar-refractivity contribution is 9.10. The van der Waals surface area contributed by atoms with E-state index in [4.69, 9.17) is 15.2 Å². The highest BCUT2D eigenvalue weighted by Crippen LogP contribution is 2.18. The van der Waals surface area contributed by atoms with Gasteiger partial charge in [-0.3, -0.25) is 0 Å². The number of hydrogen-bond acceptors (Lipinski definition) is 3. The summed E-state index contributed by atoms with van der Waals surface area (Å²) in [5.74, 6) is 1.73. The second kappa shape index (κ2) is 8.05. The van der Waals surface area contributed by atoms with Crippen molar-refractivity contribution in [2.45, 2.75) is 18.9 Å². The number of ether oxygens (including phenoxy) is 2. The van der Waals surface area contributed by atoms with E-state index in [1.807, 2.05) is 42.5 Å². The van der Waals surface area contributed by atoms with E-state index >= 15 is 0 Å². The number of benzene rings is 2. The Balaban J connectivity index is 1.78. The van der Waals surface area contributed by atoms with Gasteiger partial charge in [-0.05, 0) is 48.7 Å². The van der Waals surface area contributed by atoms with Crippen molar-refractivity contribution in [1.29, 1.82) is 0 Å². The van der Waals surface area contributed by atoms with E-state index < -0.39 is 0 Å². The van der Waals surface area contributed by atoms with E-state index in [0.717, 1.165) is 28.8 Å². The summed E-state index contributed by atoms with van der Waals surface area (Å²) in [6.07, 6.45) is 1.63. The van der Waals surface area contributed by atoms with Gasteiger partial charge >= 0.3 is 0 Å². The van der Waals surface area contributed by atoms with Gasteiger partial charge in [-0.15, -0.1) is 0 Å². The Kier molecular flexibility index (Phi) is 6.08. The second-order valence-corrected chi connectivity index (χ2v) is 5.83. The van der Waals surface area contributed by atoms with Crippen molar-refractivity contribution in [3.05, 3.63) is 58.6 Å². The number of methoxy groups -OCH3 is 1. The molecule has 21 heavy (non-hydrogen) atoms. The SMILES string of the molecule is COc1cccc(CC(N)CCOc2cccc(Br)c2)c1. The fraction of sp³-hybridized carbons (Fsp3) is 0.294. The summed E-state index contributed by atoms with van der Waals surface area (Å²) in [7, 11) is 1.67. The summed E-state index contributed by atoms with van der Waals surface area (Å²) < 4.78 is 11.9. The van der Waals surface area contributed by atoms with Crippen LogP contribution < -0.4 is 15.2 Å². The maximum atomic E-state index is 6.16. The molecule has 0 saturated carbocycles. The molecule has 112 valence electrons. The van der Waals surface area contributed by atoms with Crippen LogP contribution in [0.1, 0.15) is 12.0 Å². The average Bonchev–Trinajstić information content (AvgIpc) is 2.47. The Morgan fingerprint density at radius 1 is 1.10 bits per heavy atom. The lowest BCUT2D eigenvalue weighted by Gasteiger charge is -2.13. The predicted octanol–water partition coefficient (Wildman–Crippen LogP) is 3.80. The molecule has 0 bridgehead atoms. The van der Waals surface area contributed by atoms with E-state index in [0.29, 0.717) is 6.61 Å². The summed E-state index contributed by atoms with van der Waals surface area (Å²) in [5.41, 5.74) is 7.35. The van der Waals surface area contributed by atoms with Crippen molar-refractivity contribution in [2.24, 2.45) is 5.73 Å². The van der Waals surface area contributed by atoms with Crippen molar-refractivity contribution in [1.82, 2.24) is 0 Å². The van der Waals surface area contributed by atoms with Crippen molar-refractivity contribution < 1.29 is 9.47 Å². The number of rotatable bonds is 7. The van der Waals surface area contributed by atoms with Crippen LogP contribution in [0, 0.1) is 0 Å². The lowest BCUT2D eigenvalue weighted by Crippen LogP contribution is -2.25. The standard InChI is InChI=1S/C17H20BrNO2/c1-20-16-6-2-4-13(11-16)10-15(19)8-9-21-17-7-3-5-14(18)12-17/h2-7,11-12,15H,8-10,19H2,1H3. The van der Waals surface area contributed by atoms with E-state index in [1.165, 1.54) is 5.56 Å². The summed E-state index contributed by atoms with van der Waals surface area (Å²) >= 11 is 3.42. The molecule has 0 saturated heterocycles. The molecule has 1 atom stereocenters. The van der Waals surface area contributed by atoms with E-state index in [1.54, 1.807) is 7.11 Å². The molecule has 2 aromatic carbocycles. The van der Waals surface area contributed by atoms with Crippen molar-refractivity contribution in [3.63, 3.8) is 0 Å². The molecule has 4 heteroatoms. The topological polar surface area (TPSA) is 44.5 Å². The Hall–Kier alpha value is -1.52. The second-order valence-electron chi connectivity index (χ2n) is 4.91. The zero-order valence-electron chi connectivity index (χ0n) is 12.1. The maximum absolute atomic E-state index is 6.16. The van der Waals surface area contributed by atoms with Crippen LogP contribution in [-0.4, -0.2) is 19.8 Å². The third-order valence-corrected chi connectivity index (χ3v) is 3.68. The van der Waals surface area contributed by atoms with Crippen LogP contribution in [0.5, 0.6) is 11.5 Å². The molecule has 2 rings (SSSR count). The van der Waals surface area contributed by atoms with Crippen LogP contribution >= 0.6 is 15.9 Å². The van der Waals surface area contributed by atoms with Gasteiger partial charge < -0.3 is 15.2 Å². The predicted molar refractivity (Wildman–Crippen MR) is 88.9 cm³/mol. The van der Waals surface area contributed by atoms with Crippen molar-refractivity contribution in [2.75, 3.05) is 13.7 Å². The Morgan fingerprint density at radius 3 is 2.62 bits per heavy atom. The van der Waals surface area contributed by atoms with Crippen LogP contribution in [0.15, 0.2) is 53.0 Å². The first-order valence-electron chi connectivity index (χ1n) is 6.94. The normalized spacial score (nSPS) is 12.0. The molecule has 0 aromatic heterocycles. The molecule has 0 spiro atoms. The molecule has 2 N–H and O–H groups in total. The zero-order chi connectivity index (χ0) is 15.1. The van der Waals surface area contributed by atoms with Gasteiger partial charge in [-0.25, -0.2) is 0 Å². The van der Waals surface area contributed by atoms with E-state index in [-0.39, 0.29) is 6.04 Å². The molecule has 3 nitrogen and oxygen atoms in total. The van der Waals surface area contributed by atoms with Crippen molar-refractivity contribution >= 4 is 15.9 Å². The molecule has 0 fully saturated rings. The lowest BCUT2D eigenvalue weighted by molar-refractivity contribution is 0.297. The molecular formula is C17H20BrNO2. The monoisotopic (exact) mass is 349 g/mol. The lowest BCUT2D eigenvalue weighted by atomic mass is 10.0. The third kappa shape index (κ3) is 5.40. The van der Waals surface area contributed by atoms with Crippen molar-refractivity contribution in [3.8, 4) is 11.5 Å². The quantitative estimate of drug-likeness (QED) is 0.826. The summed E-state index contributed by atoms with van der Waals surface area (Å²) in [6, 6.07) is 15.9. The smallest absolute Gasteiger partial charge is 0.120 e. The molecule has 0 heterocycles. The molecule has 0 amide bonds. The van der Waals surface area contributed by atoms with Gasteiger partial charge in [0.25, 0.3) is 0 Å². The number of hydrogen-bond donors (Lipinski definition) is 1. The number of nitrogens with two attached hydrogens (primary N) is 1. The Labute approximate surface area is 134 Å². The largest absolute Gasteiger partial charge is 0.497 e. The fourth-order valence-corrected chi connectivity index (χ4v) is 2.47. The molecule has 0 aliphatic carbocycles. The minimum absolute atomic E-state index is 0.0734. The molecular weight excluding hydrogens is 330 g/mol. The Morgan fingerprint density at radius 2 is 1.86 bits per heavy atom. The summed E-state index contributed by atoms with van der Waals surface area (Å²) in [6.45, 7) is 0.613. The van der Waals surface area contributed by atoms with Gasteiger partial charge in [0, 0.05) is 10.5 Å². The summed E-state index contributed by atoms with van der Waals surface area (Å²) in [4.78, 5) is 0. The first-order chi connectivity index (χ1) is 10.2. The van der Waals surface area contributed by atoms with Crippen LogP contribution in [-0.2, 0) is 6.42 Å². The van der Waals surface area contributed by atoms with E-state index in [9.17, 15) is 0 Å². The highest BCUT2D eigenvalue weighted by Gasteiger charge is 2.06. The molecule has 1 unspecified atom stereocenters. The van der Waals surface area contributed by atoms with Gasteiger partial charge in [-0.1, -0.05) is 34.1 Å². The first kappa shape index (κ1) is 15.9. The minimum Gasteiger partial charge on any atom is -0.497 e. The van der Waals surface area contributed by atoms with Gasteiger partial charge in [0.05, 0.1) is 13.7 Å². The first-order valence-corrected chi connectivity index (χ1v) is 7.73. The number of halogens is 1. The minimum atomic E-state index is 0.0734. The molecule has 0 aliphatic heterocycles. The van der Waals surface area contributed by atoms with Gasteiger partial charge in [0.1, 0.15) is 11.5 Å².